The fourth-order valence-corrected chi connectivity index (χ4v) is 2.58. The van der Waals surface area contributed by atoms with Gasteiger partial charge in [-0.25, -0.2) is 0 Å². The standard InChI is InChI=1S/C15H25N3/c1-17-10-7-13(8-11-17)9-12-18(2)15-5-3-14(16)4-6-15/h3-6,13H,7-12,16H2,1-2H3. The van der Waals surface area contributed by atoms with Crippen molar-refractivity contribution in [1.82, 2.24) is 4.90 Å². The molecule has 1 aromatic carbocycles. The van der Waals surface area contributed by atoms with Gasteiger partial charge in [0, 0.05) is 25.0 Å². The van der Waals surface area contributed by atoms with Crippen molar-refractivity contribution in [3.8, 4) is 0 Å². The van der Waals surface area contributed by atoms with Crippen LogP contribution in [0.5, 0.6) is 0 Å². The Morgan fingerprint density at radius 2 is 1.83 bits per heavy atom. The average Bonchev–Trinajstić information content (AvgIpc) is 2.38. The van der Waals surface area contributed by atoms with Crippen LogP contribution in [0.15, 0.2) is 24.3 Å². The maximum absolute atomic E-state index is 5.71. The normalized spacial score (nSPS) is 17.9. The van der Waals surface area contributed by atoms with Crippen LogP contribution in [0.2, 0.25) is 0 Å². The summed E-state index contributed by atoms with van der Waals surface area (Å²) in [5.41, 5.74) is 7.80. The lowest BCUT2D eigenvalue weighted by Gasteiger charge is -2.30. The summed E-state index contributed by atoms with van der Waals surface area (Å²) in [5, 5.41) is 0. The fourth-order valence-electron chi connectivity index (χ4n) is 2.58. The second kappa shape index (κ2) is 6.10. The maximum atomic E-state index is 5.71. The van der Waals surface area contributed by atoms with Crippen LogP contribution in [0.25, 0.3) is 0 Å². The molecule has 1 heterocycles. The van der Waals surface area contributed by atoms with Crippen LogP contribution in [0.3, 0.4) is 0 Å². The molecule has 0 spiro atoms. The van der Waals surface area contributed by atoms with E-state index in [1.54, 1.807) is 0 Å². The Bertz CT molecular complexity index is 353. The van der Waals surface area contributed by atoms with Gasteiger partial charge in [-0.3, -0.25) is 0 Å². The highest BCUT2D eigenvalue weighted by Gasteiger charge is 2.16. The Morgan fingerprint density at radius 3 is 2.44 bits per heavy atom. The van der Waals surface area contributed by atoms with Gasteiger partial charge in [-0.05, 0) is 69.6 Å². The Kier molecular flexibility index (Phi) is 4.48. The number of benzene rings is 1. The van der Waals surface area contributed by atoms with Gasteiger partial charge < -0.3 is 15.5 Å². The number of likely N-dealkylation sites (tertiary alicyclic amines) is 1. The van der Waals surface area contributed by atoms with Gasteiger partial charge >= 0.3 is 0 Å². The molecule has 3 heteroatoms. The van der Waals surface area contributed by atoms with E-state index in [0.29, 0.717) is 0 Å². The highest BCUT2D eigenvalue weighted by Crippen LogP contribution is 2.21. The van der Waals surface area contributed by atoms with E-state index in [4.69, 9.17) is 5.73 Å². The monoisotopic (exact) mass is 247 g/mol. The molecule has 0 aliphatic carbocycles. The minimum Gasteiger partial charge on any atom is -0.399 e. The molecule has 2 rings (SSSR count). The van der Waals surface area contributed by atoms with Crippen molar-refractivity contribution in [2.75, 3.05) is 44.4 Å². The molecular formula is C15H25N3. The minimum atomic E-state index is 0.836. The molecule has 0 radical (unpaired) electrons. The number of hydrogen-bond donors (Lipinski definition) is 1. The van der Waals surface area contributed by atoms with Gasteiger partial charge in [0.15, 0.2) is 0 Å². The molecule has 1 aliphatic rings. The summed E-state index contributed by atoms with van der Waals surface area (Å²) in [4.78, 5) is 4.76. The summed E-state index contributed by atoms with van der Waals surface area (Å²) >= 11 is 0. The summed E-state index contributed by atoms with van der Waals surface area (Å²) in [7, 11) is 4.39. The Balaban J connectivity index is 1.77. The molecule has 0 bridgehead atoms. The molecule has 0 amide bonds. The Hall–Kier alpha value is -1.22. The SMILES string of the molecule is CN1CCC(CCN(C)c2ccc(N)cc2)CC1. The zero-order valence-electron chi connectivity index (χ0n) is 11.6. The first-order chi connectivity index (χ1) is 8.65. The lowest BCUT2D eigenvalue weighted by Crippen LogP contribution is -2.32. The fraction of sp³-hybridized carbons (Fsp3) is 0.600. The number of rotatable bonds is 4. The first-order valence-electron chi connectivity index (χ1n) is 6.90. The van der Waals surface area contributed by atoms with Crippen LogP contribution < -0.4 is 10.6 Å². The number of nitrogens with two attached hydrogens (primary N) is 1. The molecule has 1 saturated heterocycles. The maximum Gasteiger partial charge on any atom is 0.0365 e. The molecule has 2 N–H and O–H groups in total. The second-order valence-electron chi connectivity index (χ2n) is 5.55. The van der Waals surface area contributed by atoms with Crippen molar-refractivity contribution in [2.24, 2.45) is 5.92 Å². The number of anilines is 2. The Labute approximate surface area is 111 Å². The summed E-state index contributed by atoms with van der Waals surface area (Å²) in [6.07, 6.45) is 4.01. The second-order valence-corrected chi connectivity index (χ2v) is 5.55. The molecule has 0 aromatic heterocycles. The van der Waals surface area contributed by atoms with Crippen LogP contribution in [0.4, 0.5) is 11.4 Å². The van der Waals surface area contributed by atoms with Crippen molar-refractivity contribution in [2.45, 2.75) is 19.3 Å². The van der Waals surface area contributed by atoms with Gasteiger partial charge in [0.05, 0.1) is 0 Å². The van der Waals surface area contributed by atoms with Gasteiger partial charge in [-0.2, -0.15) is 0 Å². The quantitative estimate of drug-likeness (QED) is 0.829. The zero-order valence-corrected chi connectivity index (χ0v) is 11.6. The van der Waals surface area contributed by atoms with Crippen LogP contribution in [0.1, 0.15) is 19.3 Å². The van der Waals surface area contributed by atoms with Crippen molar-refractivity contribution in [1.29, 1.82) is 0 Å². The van der Waals surface area contributed by atoms with Gasteiger partial charge in [0.2, 0.25) is 0 Å². The van der Waals surface area contributed by atoms with Gasteiger partial charge in [-0.1, -0.05) is 0 Å². The highest BCUT2D eigenvalue weighted by atomic mass is 15.1. The summed E-state index contributed by atoms with van der Waals surface area (Å²) in [6, 6.07) is 8.15. The molecule has 1 aliphatic heterocycles. The van der Waals surface area contributed by atoms with Gasteiger partial charge in [-0.15, -0.1) is 0 Å². The minimum absolute atomic E-state index is 0.836. The molecule has 0 atom stereocenters. The molecule has 0 unspecified atom stereocenters. The summed E-state index contributed by atoms with van der Waals surface area (Å²) in [6.45, 7) is 3.66. The van der Waals surface area contributed by atoms with E-state index in [1.807, 2.05) is 12.1 Å². The van der Waals surface area contributed by atoms with Gasteiger partial charge in [0.25, 0.3) is 0 Å². The number of piperidine rings is 1. The van der Waals surface area contributed by atoms with E-state index >= 15 is 0 Å². The Morgan fingerprint density at radius 1 is 1.22 bits per heavy atom. The summed E-state index contributed by atoms with van der Waals surface area (Å²) < 4.78 is 0. The third kappa shape index (κ3) is 3.64. The summed E-state index contributed by atoms with van der Waals surface area (Å²) in [5.74, 6) is 0.900. The van der Waals surface area contributed by atoms with Crippen molar-refractivity contribution in [3.05, 3.63) is 24.3 Å². The first kappa shape index (κ1) is 13.2. The van der Waals surface area contributed by atoms with E-state index < -0.39 is 0 Å². The molecular weight excluding hydrogens is 222 g/mol. The van der Waals surface area contributed by atoms with E-state index in [1.165, 1.54) is 38.0 Å². The van der Waals surface area contributed by atoms with Crippen LogP contribution >= 0.6 is 0 Å². The van der Waals surface area contributed by atoms with E-state index in [-0.39, 0.29) is 0 Å². The third-order valence-corrected chi connectivity index (χ3v) is 4.04. The number of nitrogen functional groups attached to an aromatic ring is 1. The lowest BCUT2D eigenvalue weighted by molar-refractivity contribution is 0.213. The molecule has 100 valence electrons. The predicted octanol–water partition coefficient (Wildman–Crippen LogP) is 2.44. The molecule has 18 heavy (non-hydrogen) atoms. The van der Waals surface area contributed by atoms with Crippen LogP contribution in [-0.2, 0) is 0 Å². The highest BCUT2D eigenvalue weighted by molar-refractivity contribution is 5.52. The van der Waals surface area contributed by atoms with Crippen LogP contribution in [-0.4, -0.2) is 38.6 Å². The van der Waals surface area contributed by atoms with Crippen molar-refractivity contribution < 1.29 is 0 Å². The topological polar surface area (TPSA) is 32.5 Å². The smallest absolute Gasteiger partial charge is 0.0365 e. The molecule has 3 nitrogen and oxygen atoms in total. The van der Waals surface area contributed by atoms with E-state index in [9.17, 15) is 0 Å². The average molecular weight is 247 g/mol. The first-order valence-corrected chi connectivity index (χ1v) is 6.90. The third-order valence-electron chi connectivity index (χ3n) is 4.04. The number of nitrogens with zero attached hydrogens (tertiary/aromatic N) is 2. The molecule has 1 fully saturated rings. The van der Waals surface area contributed by atoms with Gasteiger partial charge in [0.1, 0.15) is 0 Å². The predicted molar refractivity (Wildman–Crippen MR) is 79.0 cm³/mol. The van der Waals surface area contributed by atoms with Crippen LogP contribution in [0, 0.1) is 5.92 Å². The largest absolute Gasteiger partial charge is 0.399 e. The zero-order chi connectivity index (χ0) is 13.0. The van der Waals surface area contributed by atoms with Crippen molar-refractivity contribution in [3.63, 3.8) is 0 Å². The van der Waals surface area contributed by atoms with E-state index in [2.05, 4.69) is 36.0 Å². The number of hydrogen-bond acceptors (Lipinski definition) is 3. The van der Waals surface area contributed by atoms with E-state index in [0.717, 1.165) is 18.2 Å². The lowest BCUT2D eigenvalue weighted by atomic mass is 9.93. The molecule has 0 saturated carbocycles. The van der Waals surface area contributed by atoms with Crippen molar-refractivity contribution >= 4 is 11.4 Å². The molecule has 1 aromatic rings.